The van der Waals surface area contributed by atoms with E-state index in [1.807, 2.05) is 0 Å². The summed E-state index contributed by atoms with van der Waals surface area (Å²) >= 11 is 0. The van der Waals surface area contributed by atoms with Crippen molar-refractivity contribution in [1.29, 1.82) is 0 Å². The Morgan fingerprint density at radius 1 is 1.47 bits per heavy atom. The number of aromatic nitrogens is 2. The van der Waals surface area contributed by atoms with Crippen LogP contribution in [0, 0.1) is 0 Å². The summed E-state index contributed by atoms with van der Waals surface area (Å²) in [4.78, 5) is 7.77. The second-order valence-electron chi connectivity index (χ2n) is 3.86. The van der Waals surface area contributed by atoms with Gasteiger partial charge in [0.1, 0.15) is 6.33 Å². The third-order valence-electron chi connectivity index (χ3n) is 2.54. The van der Waals surface area contributed by atoms with Gasteiger partial charge >= 0.3 is 0 Å². The monoisotopic (exact) mass is 260 g/mol. The van der Waals surface area contributed by atoms with Gasteiger partial charge in [-0.25, -0.2) is 18.4 Å². The van der Waals surface area contributed by atoms with Crippen molar-refractivity contribution in [3.8, 4) is 5.88 Å². The van der Waals surface area contributed by atoms with Gasteiger partial charge < -0.3 is 9.84 Å². The molecule has 6 nitrogen and oxygen atoms in total. The summed E-state index contributed by atoms with van der Waals surface area (Å²) in [6.45, 7) is 1.47. The maximum atomic E-state index is 11.3. The van der Waals surface area contributed by atoms with E-state index in [0.29, 0.717) is 11.6 Å². The van der Waals surface area contributed by atoms with E-state index in [1.165, 1.54) is 20.4 Å². The molecule has 1 heterocycles. The first-order chi connectivity index (χ1) is 7.84. The summed E-state index contributed by atoms with van der Waals surface area (Å²) in [5.41, 5.74) is 0.542. The summed E-state index contributed by atoms with van der Waals surface area (Å²) < 4.78 is 27.5. The van der Waals surface area contributed by atoms with Gasteiger partial charge in [0.25, 0.3) is 0 Å². The third-order valence-corrected chi connectivity index (χ3v) is 4.21. The lowest BCUT2D eigenvalue weighted by atomic mass is 10.1. The van der Waals surface area contributed by atoms with Gasteiger partial charge in [0, 0.05) is 18.7 Å². The molecule has 0 bridgehead atoms. The van der Waals surface area contributed by atoms with E-state index in [0.717, 1.165) is 6.26 Å². The van der Waals surface area contributed by atoms with Crippen LogP contribution in [0.4, 0.5) is 0 Å². The molecule has 0 spiro atoms. The summed E-state index contributed by atoms with van der Waals surface area (Å²) in [5.74, 6) is 0.384. The fourth-order valence-electron chi connectivity index (χ4n) is 1.27. The van der Waals surface area contributed by atoms with Gasteiger partial charge in [-0.05, 0) is 6.92 Å². The maximum absolute atomic E-state index is 11.3. The van der Waals surface area contributed by atoms with E-state index in [1.54, 1.807) is 6.07 Å². The number of sulfone groups is 1. The fraction of sp³-hybridized carbons (Fsp3) is 0.600. The van der Waals surface area contributed by atoms with E-state index < -0.39 is 21.2 Å². The van der Waals surface area contributed by atoms with E-state index in [9.17, 15) is 13.5 Å². The number of aliphatic hydroxyl groups excluding tert-OH is 1. The molecule has 1 rings (SSSR count). The van der Waals surface area contributed by atoms with E-state index >= 15 is 0 Å². The van der Waals surface area contributed by atoms with E-state index in [4.69, 9.17) is 4.74 Å². The van der Waals surface area contributed by atoms with Gasteiger partial charge in [-0.3, -0.25) is 0 Å². The molecule has 0 saturated heterocycles. The molecule has 0 radical (unpaired) electrons. The van der Waals surface area contributed by atoms with Crippen LogP contribution < -0.4 is 4.74 Å². The first-order valence-electron chi connectivity index (χ1n) is 5.06. The maximum Gasteiger partial charge on any atom is 0.216 e. The smallest absolute Gasteiger partial charge is 0.216 e. The largest absolute Gasteiger partial charge is 0.481 e. The van der Waals surface area contributed by atoms with Crippen LogP contribution in [0.2, 0.25) is 0 Å². The van der Waals surface area contributed by atoms with Crippen LogP contribution in [0.3, 0.4) is 0 Å². The lowest BCUT2D eigenvalue weighted by molar-refractivity contribution is 0.172. The first-order valence-corrected chi connectivity index (χ1v) is 7.02. The zero-order chi connectivity index (χ0) is 13.1. The Morgan fingerprint density at radius 3 is 2.65 bits per heavy atom. The van der Waals surface area contributed by atoms with Gasteiger partial charge in [0.05, 0.1) is 24.2 Å². The van der Waals surface area contributed by atoms with Crippen LogP contribution in [0.5, 0.6) is 5.88 Å². The van der Waals surface area contributed by atoms with Crippen molar-refractivity contribution < 1.29 is 18.3 Å². The zero-order valence-electron chi connectivity index (χ0n) is 9.99. The topological polar surface area (TPSA) is 89.4 Å². The quantitative estimate of drug-likeness (QED) is 0.790. The van der Waals surface area contributed by atoms with Gasteiger partial charge in [-0.1, -0.05) is 0 Å². The fourth-order valence-corrected chi connectivity index (χ4v) is 1.93. The highest BCUT2D eigenvalue weighted by molar-refractivity contribution is 7.91. The number of aliphatic hydroxyl groups is 1. The highest BCUT2D eigenvalue weighted by atomic mass is 32.2. The normalized spacial score (nSPS) is 15.3. The number of hydrogen-bond acceptors (Lipinski definition) is 6. The highest BCUT2D eigenvalue weighted by Crippen LogP contribution is 2.12. The molecule has 0 aromatic carbocycles. The number of methoxy groups -OCH3 is 1. The Hall–Kier alpha value is -1.21. The molecule has 2 unspecified atom stereocenters. The van der Waals surface area contributed by atoms with Crippen LogP contribution in [0.25, 0.3) is 0 Å². The molecule has 0 aliphatic heterocycles. The molecule has 1 N–H and O–H groups in total. The Balaban J connectivity index is 2.77. The Labute approximate surface area is 101 Å². The lowest BCUT2D eigenvalue weighted by Gasteiger charge is -2.16. The van der Waals surface area contributed by atoms with Crippen molar-refractivity contribution in [1.82, 2.24) is 9.97 Å². The van der Waals surface area contributed by atoms with Gasteiger partial charge in [0.15, 0.2) is 9.84 Å². The number of rotatable bonds is 5. The molecule has 2 atom stereocenters. The summed E-state index contributed by atoms with van der Waals surface area (Å²) in [7, 11) is -1.79. The van der Waals surface area contributed by atoms with Crippen LogP contribution >= 0.6 is 0 Å². The molecular weight excluding hydrogens is 244 g/mol. The molecule has 1 aromatic heterocycles. The Bertz CT molecular complexity index is 475. The molecule has 7 heteroatoms. The Kier molecular flexibility index (Phi) is 4.41. The molecule has 0 amide bonds. The van der Waals surface area contributed by atoms with Crippen molar-refractivity contribution >= 4 is 9.84 Å². The number of hydrogen-bond donors (Lipinski definition) is 1. The average Bonchev–Trinajstić information content (AvgIpc) is 2.27. The average molecular weight is 260 g/mol. The minimum atomic E-state index is -3.26. The lowest BCUT2D eigenvalue weighted by Crippen LogP contribution is -2.32. The molecular formula is C10H16N2O4S. The molecule has 96 valence electrons. The highest BCUT2D eigenvalue weighted by Gasteiger charge is 2.24. The van der Waals surface area contributed by atoms with Gasteiger partial charge in [-0.2, -0.15) is 0 Å². The van der Waals surface area contributed by atoms with Crippen LogP contribution in [0.1, 0.15) is 12.6 Å². The predicted octanol–water partition coefficient (Wildman–Crippen LogP) is -0.178. The number of ether oxygens (including phenoxy) is 1. The minimum Gasteiger partial charge on any atom is -0.481 e. The molecule has 1 aromatic rings. The van der Waals surface area contributed by atoms with Crippen molar-refractivity contribution in [2.24, 2.45) is 0 Å². The van der Waals surface area contributed by atoms with Gasteiger partial charge in [-0.15, -0.1) is 0 Å². The van der Waals surface area contributed by atoms with Crippen molar-refractivity contribution in [2.45, 2.75) is 24.7 Å². The van der Waals surface area contributed by atoms with E-state index in [-0.39, 0.29) is 6.42 Å². The second-order valence-corrected chi connectivity index (χ2v) is 6.26. The standard InChI is InChI=1S/C10H16N2O4S/c1-7(17(3,14)15)9(13)4-8-5-10(16-2)12-6-11-8/h5-7,9,13H,4H2,1-3H3. The number of nitrogens with zero attached hydrogens (tertiary/aromatic N) is 2. The zero-order valence-corrected chi connectivity index (χ0v) is 10.8. The Morgan fingerprint density at radius 2 is 2.12 bits per heavy atom. The summed E-state index contributed by atoms with van der Waals surface area (Å²) in [6, 6.07) is 1.57. The van der Waals surface area contributed by atoms with Crippen molar-refractivity contribution in [2.75, 3.05) is 13.4 Å². The molecule has 0 aliphatic carbocycles. The second kappa shape index (κ2) is 5.42. The predicted molar refractivity (Wildman–Crippen MR) is 62.6 cm³/mol. The SMILES string of the molecule is COc1cc(CC(O)C(C)S(C)(=O)=O)ncn1. The molecule has 0 saturated carbocycles. The molecule has 0 fully saturated rings. The summed E-state index contributed by atoms with van der Waals surface area (Å²) in [5, 5.41) is 8.96. The van der Waals surface area contributed by atoms with Crippen LogP contribution in [-0.4, -0.2) is 48.2 Å². The molecule has 17 heavy (non-hydrogen) atoms. The third kappa shape index (κ3) is 3.94. The minimum absolute atomic E-state index is 0.146. The summed E-state index contributed by atoms with van der Waals surface area (Å²) in [6.07, 6.45) is 1.56. The van der Waals surface area contributed by atoms with E-state index in [2.05, 4.69) is 9.97 Å². The van der Waals surface area contributed by atoms with Gasteiger partial charge in [0.2, 0.25) is 5.88 Å². The van der Waals surface area contributed by atoms with Crippen molar-refractivity contribution in [3.05, 3.63) is 18.1 Å². The van der Waals surface area contributed by atoms with Crippen molar-refractivity contribution in [3.63, 3.8) is 0 Å². The first kappa shape index (κ1) is 13.9. The van der Waals surface area contributed by atoms with Crippen LogP contribution in [-0.2, 0) is 16.3 Å². The molecule has 0 aliphatic rings. The van der Waals surface area contributed by atoms with Crippen LogP contribution in [0.15, 0.2) is 12.4 Å².